The molecule has 2 atom stereocenters. The molecule has 4 heteroatoms. The van der Waals surface area contributed by atoms with Gasteiger partial charge < -0.3 is 10.3 Å². The summed E-state index contributed by atoms with van der Waals surface area (Å²) in [4.78, 5) is 4.38. The molecule has 2 rings (SSSR count). The number of aryl methyl sites for hydroxylation is 1. The minimum Gasteiger partial charge on any atom is -0.337 e. The largest absolute Gasteiger partial charge is 0.337 e. The maximum Gasteiger partial charge on any atom is 0.244 e. The standard InChI is InChI=1S/C14H19N3O/c1-4-10(3)12(15)14-16-13(17-18-14)11-7-5-9(2)6-8-11/h5-8,10,12H,4,15H2,1-3H3/t10-,12-/m0/s1. The lowest BCUT2D eigenvalue weighted by Crippen LogP contribution is -2.18. The molecule has 18 heavy (non-hydrogen) atoms. The smallest absolute Gasteiger partial charge is 0.244 e. The number of aromatic nitrogens is 2. The summed E-state index contributed by atoms with van der Waals surface area (Å²) in [5, 5.41) is 3.99. The van der Waals surface area contributed by atoms with E-state index in [0.717, 1.165) is 12.0 Å². The molecular weight excluding hydrogens is 226 g/mol. The molecule has 0 fully saturated rings. The van der Waals surface area contributed by atoms with Crippen molar-refractivity contribution in [2.75, 3.05) is 0 Å². The number of benzene rings is 1. The second kappa shape index (κ2) is 5.31. The van der Waals surface area contributed by atoms with Gasteiger partial charge in [-0.25, -0.2) is 0 Å². The predicted octanol–water partition coefficient (Wildman–Crippen LogP) is 3.09. The normalized spacial score (nSPS) is 14.4. The van der Waals surface area contributed by atoms with E-state index in [1.807, 2.05) is 31.2 Å². The van der Waals surface area contributed by atoms with Crippen LogP contribution in [0.3, 0.4) is 0 Å². The van der Waals surface area contributed by atoms with Gasteiger partial charge in [0.1, 0.15) is 0 Å². The fourth-order valence-corrected chi connectivity index (χ4v) is 1.69. The molecule has 0 unspecified atom stereocenters. The monoisotopic (exact) mass is 245 g/mol. The molecule has 0 saturated heterocycles. The van der Waals surface area contributed by atoms with Gasteiger partial charge in [0.25, 0.3) is 0 Å². The highest BCUT2D eigenvalue weighted by Gasteiger charge is 2.20. The molecule has 1 aromatic heterocycles. The van der Waals surface area contributed by atoms with Crippen LogP contribution in [0.15, 0.2) is 28.8 Å². The van der Waals surface area contributed by atoms with E-state index in [1.54, 1.807) is 0 Å². The van der Waals surface area contributed by atoms with E-state index in [2.05, 4.69) is 24.0 Å². The summed E-state index contributed by atoms with van der Waals surface area (Å²) in [6.45, 7) is 6.23. The highest BCUT2D eigenvalue weighted by Crippen LogP contribution is 2.23. The summed E-state index contributed by atoms with van der Waals surface area (Å²) in [5.41, 5.74) is 8.23. The fraction of sp³-hybridized carbons (Fsp3) is 0.429. The van der Waals surface area contributed by atoms with E-state index in [1.165, 1.54) is 5.56 Å². The van der Waals surface area contributed by atoms with Gasteiger partial charge in [0.05, 0.1) is 6.04 Å². The van der Waals surface area contributed by atoms with Gasteiger partial charge in [0.15, 0.2) is 0 Å². The van der Waals surface area contributed by atoms with Crippen molar-refractivity contribution in [3.05, 3.63) is 35.7 Å². The van der Waals surface area contributed by atoms with E-state index in [0.29, 0.717) is 17.6 Å². The average molecular weight is 245 g/mol. The van der Waals surface area contributed by atoms with Crippen LogP contribution in [0.2, 0.25) is 0 Å². The summed E-state index contributed by atoms with van der Waals surface area (Å²) >= 11 is 0. The first-order chi connectivity index (χ1) is 8.61. The van der Waals surface area contributed by atoms with Crippen molar-refractivity contribution in [1.29, 1.82) is 0 Å². The van der Waals surface area contributed by atoms with Crippen molar-refractivity contribution < 1.29 is 4.52 Å². The van der Waals surface area contributed by atoms with Gasteiger partial charge >= 0.3 is 0 Å². The van der Waals surface area contributed by atoms with Crippen molar-refractivity contribution in [3.63, 3.8) is 0 Å². The molecule has 1 heterocycles. The third-order valence-corrected chi connectivity index (χ3v) is 3.29. The van der Waals surface area contributed by atoms with Crippen LogP contribution in [0, 0.1) is 12.8 Å². The second-order valence-corrected chi connectivity index (χ2v) is 4.73. The Morgan fingerprint density at radius 2 is 1.94 bits per heavy atom. The van der Waals surface area contributed by atoms with Crippen molar-refractivity contribution >= 4 is 0 Å². The molecule has 2 aromatic rings. The lowest BCUT2D eigenvalue weighted by molar-refractivity contribution is 0.312. The molecule has 0 aliphatic heterocycles. The van der Waals surface area contributed by atoms with Crippen LogP contribution in [-0.2, 0) is 0 Å². The Morgan fingerprint density at radius 3 is 2.56 bits per heavy atom. The van der Waals surface area contributed by atoms with Crippen LogP contribution in [-0.4, -0.2) is 10.1 Å². The summed E-state index contributed by atoms with van der Waals surface area (Å²) in [6.07, 6.45) is 0.989. The van der Waals surface area contributed by atoms with Gasteiger partial charge in [-0.1, -0.05) is 55.3 Å². The van der Waals surface area contributed by atoms with Crippen molar-refractivity contribution in [1.82, 2.24) is 10.1 Å². The second-order valence-electron chi connectivity index (χ2n) is 4.73. The number of nitrogens with zero attached hydrogens (tertiary/aromatic N) is 2. The minimum absolute atomic E-state index is 0.193. The highest BCUT2D eigenvalue weighted by atomic mass is 16.5. The average Bonchev–Trinajstić information content (AvgIpc) is 2.87. The number of rotatable bonds is 4. The first kappa shape index (κ1) is 12.8. The summed E-state index contributed by atoms with van der Waals surface area (Å²) < 4.78 is 5.25. The Balaban J connectivity index is 2.22. The first-order valence-corrected chi connectivity index (χ1v) is 6.28. The predicted molar refractivity (Wildman–Crippen MR) is 70.9 cm³/mol. The van der Waals surface area contributed by atoms with E-state index in [4.69, 9.17) is 10.3 Å². The summed E-state index contributed by atoms with van der Waals surface area (Å²) in [5.74, 6) is 1.44. The molecule has 4 nitrogen and oxygen atoms in total. The SMILES string of the molecule is CC[C@H](C)[C@H](N)c1nc(-c2ccc(C)cc2)no1. The molecule has 96 valence electrons. The first-order valence-electron chi connectivity index (χ1n) is 6.28. The van der Waals surface area contributed by atoms with Gasteiger partial charge in [-0.3, -0.25) is 0 Å². The lowest BCUT2D eigenvalue weighted by Gasteiger charge is -2.12. The van der Waals surface area contributed by atoms with E-state index in [-0.39, 0.29) is 6.04 Å². The van der Waals surface area contributed by atoms with Gasteiger partial charge in [-0.2, -0.15) is 4.98 Å². The lowest BCUT2D eigenvalue weighted by atomic mass is 10.0. The third-order valence-electron chi connectivity index (χ3n) is 3.29. The van der Waals surface area contributed by atoms with Crippen molar-refractivity contribution in [3.8, 4) is 11.4 Å². The maximum absolute atomic E-state index is 6.07. The zero-order chi connectivity index (χ0) is 13.1. The Morgan fingerprint density at radius 1 is 1.28 bits per heavy atom. The van der Waals surface area contributed by atoms with E-state index in [9.17, 15) is 0 Å². The molecule has 0 bridgehead atoms. The molecule has 0 amide bonds. The van der Waals surface area contributed by atoms with Crippen LogP contribution >= 0.6 is 0 Å². The molecule has 0 aliphatic rings. The van der Waals surface area contributed by atoms with Crippen LogP contribution < -0.4 is 5.73 Å². The third kappa shape index (κ3) is 2.59. The Labute approximate surface area is 107 Å². The van der Waals surface area contributed by atoms with Crippen molar-refractivity contribution in [2.24, 2.45) is 11.7 Å². The topological polar surface area (TPSA) is 64.9 Å². The van der Waals surface area contributed by atoms with Gasteiger partial charge in [-0.15, -0.1) is 0 Å². The molecule has 0 saturated carbocycles. The molecule has 0 spiro atoms. The van der Waals surface area contributed by atoms with Gasteiger partial charge in [-0.05, 0) is 12.8 Å². The van der Waals surface area contributed by atoms with Gasteiger partial charge in [0.2, 0.25) is 11.7 Å². The number of hydrogen-bond donors (Lipinski definition) is 1. The zero-order valence-corrected chi connectivity index (χ0v) is 11.1. The molecule has 1 aromatic carbocycles. The molecular formula is C14H19N3O. The van der Waals surface area contributed by atoms with Crippen LogP contribution in [0.5, 0.6) is 0 Å². The van der Waals surface area contributed by atoms with Crippen LogP contribution in [0.1, 0.15) is 37.8 Å². The Bertz CT molecular complexity index is 504. The Hall–Kier alpha value is -1.68. The minimum atomic E-state index is -0.193. The highest BCUT2D eigenvalue weighted by molar-refractivity contribution is 5.54. The fourth-order valence-electron chi connectivity index (χ4n) is 1.69. The zero-order valence-electron chi connectivity index (χ0n) is 11.1. The van der Waals surface area contributed by atoms with Crippen molar-refractivity contribution in [2.45, 2.75) is 33.2 Å². The van der Waals surface area contributed by atoms with Crippen LogP contribution in [0.4, 0.5) is 0 Å². The van der Waals surface area contributed by atoms with E-state index < -0.39 is 0 Å². The van der Waals surface area contributed by atoms with Crippen LogP contribution in [0.25, 0.3) is 11.4 Å². The molecule has 0 aliphatic carbocycles. The van der Waals surface area contributed by atoms with E-state index >= 15 is 0 Å². The molecule has 0 radical (unpaired) electrons. The summed E-state index contributed by atoms with van der Waals surface area (Å²) in [6, 6.07) is 7.83. The van der Waals surface area contributed by atoms with Gasteiger partial charge in [0, 0.05) is 5.56 Å². The summed E-state index contributed by atoms with van der Waals surface area (Å²) in [7, 11) is 0. The molecule has 2 N–H and O–H groups in total. The Kier molecular flexibility index (Phi) is 3.77. The maximum atomic E-state index is 6.07. The quantitative estimate of drug-likeness (QED) is 0.899. The number of hydrogen-bond acceptors (Lipinski definition) is 4. The number of nitrogens with two attached hydrogens (primary N) is 1.